The van der Waals surface area contributed by atoms with Crippen LogP contribution < -0.4 is 5.32 Å². The van der Waals surface area contributed by atoms with Gasteiger partial charge in [0.15, 0.2) is 0 Å². The van der Waals surface area contributed by atoms with Gasteiger partial charge in [0.1, 0.15) is 0 Å². The number of likely N-dealkylation sites (tertiary alicyclic amines) is 1. The molecule has 2 aliphatic rings. The SMILES string of the molecule is CCNC(=O)C1CC(C)CCC1C(C)C.O=C(O)N1CCCC1=O. The fourth-order valence-electron chi connectivity index (χ4n) is 3.66. The van der Waals surface area contributed by atoms with Crippen molar-refractivity contribution in [3.63, 3.8) is 0 Å². The Labute approximate surface area is 145 Å². The van der Waals surface area contributed by atoms with Gasteiger partial charge in [-0.25, -0.2) is 9.69 Å². The summed E-state index contributed by atoms with van der Waals surface area (Å²) >= 11 is 0. The van der Waals surface area contributed by atoms with Crippen LogP contribution in [-0.4, -0.2) is 41.0 Å². The Kier molecular flexibility index (Phi) is 8.22. The molecule has 1 heterocycles. The minimum atomic E-state index is -1.13. The highest BCUT2D eigenvalue weighted by molar-refractivity contribution is 5.92. The zero-order valence-electron chi connectivity index (χ0n) is 15.4. The number of carbonyl (C=O) groups is 3. The van der Waals surface area contributed by atoms with Gasteiger partial charge in [0, 0.05) is 25.4 Å². The van der Waals surface area contributed by atoms with Gasteiger partial charge in [-0.3, -0.25) is 9.59 Å². The zero-order valence-corrected chi connectivity index (χ0v) is 15.4. The summed E-state index contributed by atoms with van der Waals surface area (Å²) in [4.78, 5) is 33.5. The summed E-state index contributed by atoms with van der Waals surface area (Å²) in [5.74, 6) is 2.20. The molecular formula is C18H32N2O4. The number of carbonyl (C=O) groups excluding carboxylic acids is 2. The second kappa shape index (κ2) is 9.64. The van der Waals surface area contributed by atoms with E-state index in [9.17, 15) is 14.4 Å². The van der Waals surface area contributed by atoms with Crippen molar-refractivity contribution in [1.29, 1.82) is 0 Å². The van der Waals surface area contributed by atoms with E-state index < -0.39 is 6.09 Å². The van der Waals surface area contributed by atoms with Crippen LogP contribution in [0.1, 0.15) is 59.8 Å². The number of rotatable bonds is 3. The number of nitrogens with one attached hydrogen (secondary N) is 1. The van der Waals surface area contributed by atoms with Crippen molar-refractivity contribution >= 4 is 17.9 Å². The van der Waals surface area contributed by atoms with Gasteiger partial charge in [-0.05, 0) is 43.9 Å². The highest BCUT2D eigenvalue weighted by atomic mass is 16.4. The van der Waals surface area contributed by atoms with Gasteiger partial charge in [-0.1, -0.05) is 27.2 Å². The number of hydrogen-bond acceptors (Lipinski definition) is 3. The molecule has 6 nitrogen and oxygen atoms in total. The molecule has 138 valence electrons. The first-order valence-corrected chi connectivity index (χ1v) is 9.08. The Balaban J connectivity index is 0.000000272. The van der Waals surface area contributed by atoms with E-state index >= 15 is 0 Å². The molecule has 2 N–H and O–H groups in total. The molecule has 1 saturated heterocycles. The van der Waals surface area contributed by atoms with Crippen molar-refractivity contribution in [1.82, 2.24) is 10.2 Å². The molecule has 0 bridgehead atoms. The molecule has 1 aliphatic heterocycles. The van der Waals surface area contributed by atoms with Crippen molar-refractivity contribution in [3.8, 4) is 0 Å². The van der Waals surface area contributed by atoms with E-state index in [-0.39, 0.29) is 17.7 Å². The summed E-state index contributed by atoms with van der Waals surface area (Å²) in [6, 6.07) is 0. The van der Waals surface area contributed by atoms with Crippen LogP contribution in [-0.2, 0) is 9.59 Å². The maximum Gasteiger partial charge on any atom is 0.414 e. The van der Waals surface area contributed by atoms with Gasteiger partial charge in [-0.15, -0.1) is 0 Å². The van der Waals surface area contributed by atoms with Crippen LogP contribution in [0.25, 0.3) is 0 Å². The lowest BCUT2D eigenvalue weighted by atomic mass is 9.70. The fourth-order valence-corrected chi connectivity index (χ4v) is 3.66. The largest absolute Gasteiger partial charge is 0.465 e. The van der Waals surface area contributed by atoms with E-state index in [0.29, 0.717) is 37.1 Å². The third-order valence-corrected chi connectivity index (χ3v) is 5.01. The Bertz CT molecular complexity index is 450. The van der Waals surface area contributed by atoms with Crippen molar-refractivity contribution in [2.45, 2.75) is 59.8 Å². The Morgan fingerprint density at radius 3 is 2.42 bits per heavy atom. The maximum atomic E-state index is 11.9. The quantitative estimate of drug-likeness (QED) is 0.826. The third kappa shape index (κ3) is 5.80. The topological polar surface area (TPSA) is 86.7 Å². The minimum absolute atomic E-state index is 0.258. The average molecular weight is 340 g/mol. The zero-order chi connectivity index (χ0) is 18.3. The van der Waals surface area contributed by atoms with Gasteiger partial charge in [0.05, 0.1) is 0 Å². The van der Waals surface area contributed by atoms with E-state index in [2.05, 4.69) is 26.1 Å². The Hall–Kier alpha value is -1.59. The monoisotopic (exact) mass is 340 g/mol. The molecule has 3 amide bonds. The Morgan fingerprint density at radius 1 is 1.33 bits per heavy atom. The molecule has 2 fully saturated rings. The van der Waals surface area contributed by atoms with Crippen LogP contribution in [0.5, 0.6) is 0 Å². The van der Waals surface area contributed by atoms with Crippen LogP contribution in [0, 0.1) is 23.7 Å². The van der Waals surface area contributed by atoms with E-state index in [1.54, 1.807) is 0 Å². The van der Waals surface area contributed by atoms with E-state index in [1.807, 2.05) is 6.92 Å². The van der Waals surface area contributed by atoms with Crippen LogP contribution in [0.15, 0.2) is 0 Å². The fraction of sp³-hybridized carbons (Fsp3) is 0.833. The van der Waals surface area contributed by atoms with Crippen LogP contribution in [0.4, 0.5) is 4.79 Å². The predicted octanol–water partition coefficient (Wildman–Crippen LogP) is 3.12. The number of hydrogen-bond donors (Lipinski definition) is 2. The van der Waals surface area contributed by atoms with Gasteiger partial charge >= 0.3 is 6.09 Å². The maximum absolute atomic E-state index is 11.9. The van der Waals surface area contributed by atoms with Crippen molar-refractivity contribution in [3.05, 3.63) is 0 Å². The predicted molar refractivity (Wildman–Crippen MR) is 92.5 cm³/mol. The summed E-state index contributed by atoms with van der Waals surface area (Å²) < 4.78 is 0. The molecule has 0 spiro atoms. The van der Waals surface area contributed by atoms with Gasteiger partial charge in [-0.2, -0.15) is 0 Å². The van der Waals surface area contributed by atoms with Gasteiger partial charge in [0.25, 0.3) is 0 Å². The molecular weight excluding hydrogens is 308 g/mol. The summed E-state index contributed by atoms with van der Waals surface area (Å²) in [5, 5.41) is 11.3. The standard InChI is InChI=1S/C13H25NO.C5H7NO3/c1-5-14-13(15)12-8-10(4)6-7-11(12)9(2)3;7-4-2-1-3-6(4)5(8)9/h9-12H,5-8H2,1-4H3,(H,14,15);1-3H2,(H,8,9). The summed E-state index contributed by atoms with van der Waals surface area (Å²) in [7, 11) is 0. The summed E-state index contributed by atoms with van der Waals surface area (Å²) in [6.07, 6.45) is 3.52. The second-order valence-electron chi connectivity index (χ2n) is 7.26. The molecule has 1 saturated carbocycles. The molecule has 6 heteroatoms. The van der Waals surface area contributed by atoms with Crippen LogP contribution in [0.3, 0.4) is 0 Å². The van der Waals surface area contributed by atoms with Crippen molar-refractivity contribution in [2.24, 2.45) is 23.7 Å². The molecule has 3 unspecified atom stereocenters. The molecule has 24 heavy (non-hydrogen) atoms. The van der Waals surface area contributed by atoms with Crippen molar-refractivity contribution in [2.75, 3.05) is 13.1 Å². The van der Waals surface area contributed by atoms with Gasteiger partial charge < -0.3 is 10.4 Å². The van der Waals surface area contributed by atoms with Gasteiger partial charge in [0.2, 0.25) is 11.8 Å². The first kappa shape index (κ1) is 20.5. The number of nitrogens with zero attached hydrogens (tertiary/aromatic N) is 1. The van der Waals surface area contributed by atoms with E-state index in [1.165, 1.54) is 12.8 Å². The van der Waals surface area contributed by atoms with Crippen LogP contribution in [0.2, 0.25) is 0 Å². The van der Waals surface area contributed by atoms with Crippen molar-refractivity contribution < 1.29 is 19.5 Å². The first-order valence-electron chi connectivity index (χ1n) is 9.08. The highest BCUT2D eigenvalue weighted by Crippen LogP contribution is 2.37. The molecule has 0 aromatic rings. The molecule has 0 radical (unpaired) electrons. The summed E-state index contributed by atoms with van der Waals surface area (Å²) in [6.45, 7) is 9.87. The number of imide groups is 1. The molecule has 1 aliphatic carbocycles. The van der Waals surface area contributed by atoms with Crippen LogP contribution >= 0.6 is 0 Å². The first-order chi connectivity index (χ1) is 11.3. The molecule has 3 atom stereocenters. The lowest BCUT2D eigenvalue weighted by Gasteiger charge is -2.36. The smallest absolute Gasteiger partial charge is 0.414 e. The lowest BCUT2D eigenvalue weighted by Crippen LogP contribution is -2.40. The molecule has 0 aromatic carbocycles. The summed E-state index contributed by atoms with van der Waals surface area (Å²) in [5.41, 5.74) is 0. The van der Waals surface area contributed by atoms with E-state index in [4.69, 9.17) is 5.11 Å². The number of amides is 3. The normalized spacial score (nSPS) is 26.8. The number of carboxylic acid groups (broad SMARTS) is 1. The minimum Gasteiger partial charge on any atom is -0.465 e. The Morgan fingerprint density at radius 2 is 2.00 bits per heavy atom. The average Bonchev–Trinajstić information content (AvgIpc) is 2.94. The molecule has 0 aromatic heterocycles. The second-order valence-corrected chi connectivity index (χ2v) is 7.26. The lowest BCUT2D eigenvalue weighted by molar-refractivity contribution is -0.129. The highest BCUT2D eigenvalue weighted by Gasteiger charge is 2.34. The van der Waals surface area contributed by atoms with E-state index in [0.717, 1.165) is 17.9 Å². The third-order valence-electron chi connectivity index (χ3n) is 5.01. The molecule has 2 rings (SSSR count).